The standard InChI is InChI=1S/C7H7FN2O/c1-4(11)5-2-6(8)10-7(9)3-5/h2-3H,1H3,(H2,9,10). The molecule has 0 aromatic carbocycles. The lowest BCUT2D eigenvalue weighted by atomic mass is 10.2. The van der Waals surface area contributed by atoms with E-state index in [9.17, 15) is 9.18 Å². The number of rotatable bonds is 1. The van der Waals surface area contributed by atoms with Crippen LogP contribution in [0.5, 0.6) is 0 Å². The Hall–Kier alpha value is -1.45. The number of ketones is 1. The minimum Gasteiger partial charge on any atom is -0.384 e. The quantitative estimate of drug-likeness (QED) is 0.485. The van der Waals surface area contributed by atoms with E-state index in [0.717, 1.165) is 6.07 Å². The van der Waals surface area contributed by atoms with Crippen molar-refractivity contribution >= 4 is 11.6 Å². The number of hydrogen-bond acceptors (Lipinski definition) is 3. The van der Waals surface area contributed by atoms with Gasteiger partial charge in [-0.15, -0.1) is 0 Å². The molecule has 0 spiro atoms. The van der Waals surface area contributed by atoms with Gasteiger partial charge in [-0.05, 0) is 13.0 Å². The lowest BCUT2D eigenvalue weighted by Crippen LogP contribution is -1.99. The number of nitrogens with two attached hydrogens (primary N) is 1. The van der Waals surface area contributed by atoms with Gasteiger partial charge in [0.05, 0.1) is 0 Å². The van der Waals surface area contributed by atoms with Gasteiger partial charge in [0, 0.05) is 11.6 Å². The highest BCUT2D eigenvalue weighted by atomic mass is 19.1. The van der Waals surface area contributed by atoms with Crippen LogP contribution < -0.4 is 5.73 Å². The Bertz CT molecular complexity index is 278. The van der Waals surface area contributed by atoms with Crippen molar-refractivity contribution in [3.63, 3.8) is 0 Å². The van der Waals surface area contributed by atoms with Crippen molar-refractivity contribution in [3.8, 4) is 0 Å². The molecule has 4 heteroatoms. The van der Waals surface area contributed by atoms with Gasteiger partial charge < -0.3 is 5.73 Å². The highest BCUT2D eigenvalue weighted by Gasteiger charge is 2.02. The molecule has 0 atom stereocenters. The number of carbonyl (C=O) groups excluding carboxylic acids is 1. The molecule has 0 saturated heterocycles. The number of carbonyl (C=O) groups is 1. The largest absolute Gasteiger partial charge is 0.384 e. The number of hydrogen-bond donors (Lipinski definition) is 1. The number of nitrogens with zero attached hydrogens (tertiary/aromatic N) is 1. The van der Waals surface area contributed by atoms with Gasteiger partial charge in [-0.1, -0.05) is 0 Å². The van der Waals surface area contributed by atoms with E-state index in [1.165, 1.54) is 13.0 Å². The van der Waals surface area contributed by atoms with Gasteiger partial charge >= 0.3 is 0 Å². The highest BCUT2D eigenvalue weighted by Crippen LogP contribution is 2.06. The second-order valence-electron chi connectivity index (χ2n) is 2.16. The third-order valence-electron chi connectivity index (χ3n) is 1.22. The molecule has 1 aromatic rings. The van der Waals surface area contributed by atoms with E-state index in [2.05, 4.69) is 4.98 Å². The average molecular weight is 154 g/mol. The number of nitrogen functional groups attached to an aromatic ring is 1. The Morgan fingerprint density at radius 1 is 1.64 bits per heavy atom. The summed E-state index contributed by atoms with van der Waals surface area (Å²) in [5.74, 6) is -0.927. The van der Waals surface area contributed by atoms with Crippen molar-refractivity contribution in [1.29, 1.82) is 0 Å². The van der Waals surface area contributed by atoms with Crippen LogP contribution in [0.3, 0.4) is 0 Å². The van der Waals surface area contributed by atoms with Gasteiger partial charge in [0.15, 0.2) is 5.78 Å². The summed E-state index contributed by atoms with van der Waals surface area (Å²) < 4.78 is 12.4. The summed E-state index contributed by atoms with van der Waals surface area (Å²) in [5, 5.41) is 0. The number of halogens is 1. The van der Waals surface area contributed by atoms with Crippen molar-refractivity contribution in [2.75, 3.05) is 5.73 Å². The molecule has 2 N–H and O–H groups in total. The lowest BCUT2D eigenvalue weighted by molar-refractivity contribution is 0.101. The van der Waals surface area contributed by atoms with Gasteiger partial charge in [-0.3, -0.25) is 4.79 Å². The van der Waals surface area contributed by atoms with Crippen molar-refractivity contribution in [3.05, 3.63) is 23.6 Å². The molecule has 0 saturated carbocycles. The molecule has 1 heterocycles. The molecule has 3 nitrogen and oxygen atoms in total. The SMILES string of the molecule is CC(=O)c1cc(N)nc(F)c1. The van der Waals surface area contributed by atoms with Crippen LogP contribution in [-0.2, 0) is 0 Å². The highest BCUT2D eigenvalue weighted by molar-refractivity contribution is 5.94. The number of Topliss-reactive ketones (excluding diaryl/α,β-unsaturated/α-hetero) is 1. The molecule has 0 fully saturated rings. The first-order valence-electron chi connectivity index (χ1n) is 3.03. The summed E-state index contributed by atoms with van der Waals surface area (Å²) in [6.45, 7) is 1.34. The zero-order chi connectivity index (χ0) is 8.43. The topological polar surface area (TPSA) is 56.0 Å². The second-order valence-corrected chi connectivity index (χ2v) is 2.16. The monoisotopic (exact) mass is 154 g/mol. The van der Waals surface area contributed by atoms with Crippen molar-refractivity contribution in [2.24, 2.45) is 0 Å². The molecule has 58 valence electrons. The van der Waals surface area contributed by atoms with Crippen LogP contribution in [0.15, 0.2) is 12.1 Å². The van der Waals surface area contributed by atoms with Gasteiger partial charge in [0.25, 0.3) is 0 Å². The van der Waals surface area contributed by atoms with Crippen molar-refractivity contribution in [1.82, 2.24) is 4.98 Å². The molecule has 0 radical (unpaired) electrons. The van der Waals surface area contributed by atoms with Crippen LogP contribution >= 0.6 is 0 Å². The summed E-state index contributed by atoms with van der Waals surface area (Å²) in [4.78, 5) is 14.0. The lowest BCUT2D eigenvalue weighted by Gasteiger charge is -1.96. The van der Waals surface area contributed by atoms with Crippen LogP contribution in [0.4, 0.5) is 10.2 Å². The maximum absolute atomic E-state index is 12.4. The molecule has 0 aliphatic heterocycles. The number of pyridine rings is 1. The summed E-state index contributed by atoms with van der Waals surface area (Å²) in [6, 6.07) is 2.39. The minimum atomic E-state index is -0.727. The van der Waals surface area contributed by atoms with E-state index < -0.39 is 5.95 Å². The van der Waals surface area contributed by atoms with Crippen molar-refractivity contribution in [2.45, 2.75) is 6.92 Å². The summed E-state index contributed by atoms with van der Waals surface area (Å²) in [6.07, 6.45) is 0. The Balaban J connectivity index is 3.19. The molecule has 0 bridgehead atoms. The van der Waals surface area contributed by atoms with Crippen LogP contribution in [0.1, 0.15) is 17.3 Å². The Labute approximate surface area is 63.0 Å². The fourth-order valence-electron chi connectivity index (χ4n) is 0.720. The van der Waals surface area contributed by atoms with Gasteiger partial charge in [-0.2, -0.15) is 4.39 Å². The van der Waals surface area contributed by atoms with E-state index in [-0.39, 0.29) is 17.2 Å². The third-order valence-corrected chi connectivity index (χ3v) is 1.22. The smallest absolute Gasteiger partial charge is 0.215 e. The van der Waals surface area contributed by atoms with Crippen molar-refractivity contribution < 1.29 is 9.18 Å². The molecule has 0 unspecified atom stereocenters. The minimum absolute atomic E-state index is 0.0233. The van der Waals surface area contributed by atoms with E-state index in [0.29, 0.717) is 0 Å². The van der Waals surface area contributed by atoms with E-state index >= 15 is 0 Å². The van der Waals surface area contributed by atoms with E-state index in [1.807, 2.05) is 0 Å². The third kappa shape index (κ3) is 1.73. The number of anilines is 1. The molecular formula is C7H7FN2O. The second kappa shape index (κ2) is 2.65. The molecule has 1 rings (SSSR count). The predicted octanol–water partition coefficient (Wildman–Crippen LogP) is 1.01. The molecule has 0 aliphatic carbocycles. The van der Waals surface area contributed by atoms with Crippen LogP contribution in [-0.4, -0.2) is 10.8 Å². The normalized spacial score (nSPS) is 9.64. The summed E-state index contributed by atoms with van der Waals surface area (Å²) in [5.41, 5.74) is 5.44. The van der Waals surface area contributed by atoms with E-state index in [1.54, 1.807) is 0 Å². The van der Waals surface area contributed by atoms with Crippen LogP contribution in [0, 0.1) is 5.95 Å². The average Bonchev–Trinajstić information content (AvgIpc) is 1.85. The zero-order valence-electron chi connectivity index (χ0n) is 5.97. The Morgan fingerprint density at radius 3 is 2.73 bits per heavy atom. The number of aromatic nitrogens is 1. The first-order chi connectivity index (χ1) is 5.09. The zero-order valence-corrected chi connectivity index (χ0v) is 5.97. The van der Waals surface area contributed by atoms with Crippen LogP contribution in [0.2, 0.25) is 0 Å². The van der Waals surface area contributed by atoms with Crippen LogP contribution in [0.25, 0.3) is 0 Å². The Kier molecular flexibility index (Phi) is 1.85. The van der Waals surface area contributed by atoms with Gasteiger partial charge in [0.1, 0.15) is 5.82 Å². The fraction of sp³-hybridized carbons (Fsp3) is 0.143. The molecule has 0 aliphatic rings. The molecule has 11 heavy (non-hydrogen) atoms. The summed E-state index contributed by atoms with van der Waals surface area (Å²) in [7, 11) is 0. The van der Waals surface area contributed by atoms with Gasteiger partial charge in [-0.25, -0.2) is 4.98 Å². The maximum atomic E-state index is 12.4. The maximum Gasteiger partial charge on any atom is 0.215 e. The summed E-state index contributed by atoms with van der Waals surface area (Å²) >= 11 is 0. The van der Waals surface area contributed by atoms with Gasteiger partial charge in [0.2, 0.25) is 5.95 Å². The molecule has 0 amide bonds. The first kappa shape index (κ1) is 7.65. The molecule has 1 aromatic heterocycles. The predicted molar refractivity (Wildman–Crippen MR) is 38.6 cm³/mol. The Morgan fingerprint density at radius 2 is 2.27 bits per heavy atom. The fourth-order valence-corrected chi connectivity index (χ4v) is 0.720. The van der Waals surface area contributed by atoms with E-state index in [4.69, 9.17) is 5.73 Å². The molecular weight excluding hydrogens is 147 g/mol. The first-order valence-corrected chi connectivity index (χ1v) is 3.03.